The number of carbonyl (C=O) groups is 1. The maximum absolute atomic E-state index is 13.3. The molecular formula is C20H15ClN2O2. The van der Waals surface area contributed by atoms with Gasteiger partial charge in [-0.05, 0) is 42.7 Å². The summed E-state index contributed by atoms with van der Waals surface area (Å²) in [6.07, 6.45) is 2.37. The highest BCUT2D eigenvalue weighted by molar-refractivity contribution is 6.30. The zero-order valence-electron chi connectivity index (χ0n) is 13.4. The first-order chi connectivity index (χ1) is 12.1. The van der Waals surface area contributed by atoms with Gasteiger partial charge in [0.2, 0.25) is 5.89 Å². The second kappa shape index (κ2) is 6.02. The van der Waals surface area contributed by atoms with Gasteiger partial charge in [0.15, 0.2) is 17.3 Å². The van der Waals surface area contributed by atoms with Gasteiger partial charge < -0.3 is 4.42 Å². The summed E-state index contributed by atoms with van der Waals surface area (Å²) >= 11 is 6.11. The van der Waals surface area contributed by atoms with Crippen molar-refractivity contribution in [3.8, 4) is 6.07 Å². The lowest BCUT2D eigenvalue weighted by molar-refractivity contribution is -0.128. The molecule has 3 aromatic rings. The van der Waals surface area contributed by atoms with Gasteiger partial charge in [0.05, 0.1) is 11.5 Å². The Balaban J connectivity index is 1.75. The zero-order chi connectivity index (χ0) is 17.4. The fourth-order valence-corrected chi connectivity index (χ4v) is 3.70. The van der Waals surface area contributed by atoms with Crippen LogP contribution in [0, 0.1) is 11.3 Å². The molecular weight excluding hydrogens is 336 g/mol. The van der Waals surface area contributed by atoms with Crippen LogP contribution in [-0.4, -0.2) is 10.8 Å². The maximum Gasteiger partial charge on any atom is 0.220 e. The number of hydrogen-bond donors (Lipinski definition) is 0. The Morgan fingerprint density at radius 3 is 2.68 bits per heavy atom. The minimum absolute atomic E-state index is 0.157. The highest BCUT2D eigenvalue weighted by Gasteiger charge is 2.49. The fraction of sp³-hybridized carbons (Fsp3) is 0.250. The molecule has 1 atom stereocenters. The molecule has 2 aromatic carbocycles. The molecule has 5 heteroatoms. The lowest BCUT2D eigenvalue weighted by Crippen LogP contribution is -2.45. The molecule has 25 heavy (non-hydrogen) atoms. The number of fused-ring (bicyclic) bond motifs is 1. The van der Waals surface area contributed by atoms with Crippen LogP contribution in [-0.2, 0) is 10.2 Å². The molecule has 124 valence electrons. The number of halogens is 1. The van der Waals surface area contributed by atoms with Gasteiger partial charge in [0.1, 0.15) is 5.52 Å². The minimum Gasteiger partial charge on any atom is -0.439 e. The summed E-state index contributed by atoms with van der Waals surface area (Å²) in [6, 6.07) is 16.7. The molecule has 0 bridgehead atoms. The molecule has 4 nitrogen and oxygen atoms in total. The van der Waals surface area contributed by atoms with Gasteiger partial charge >= 0.3 is 0 Å². The number of rotatable bonds is 4. The van der Waals surface area contributed by atoms with E-state index in [0.717, 1.165) is 12.0 Å². The first kappa shape index (κ1) is 15.9. The van der Waals surface area contributed by atoms with Crippen LogP contribution in [0.1, 0.15) is 36.6 Å². The van der Waals surface area contributed by atoms with Crippen LogP contribution in [0.2, 0.25) is 5.02 Å². The predicted octanol–water partition coefficient (Wildman–Crippen LogP) is 4.78. The normalized spacial score (nSPS) is 16.8. The number of para-hydroxylation sites is 2. The third-order valence-electron chi connectivity index (χ3n) is 5.00. The molecule has 0 amide bonds. The van der Waals surface area contributed by atoms with Crippen LogP contribution in [0.25, 0.3) is 11.1 Å². The zero-order valence-corrected chi connectivity index (χ0v) is 14.2. The first-order valence-corrected chi connectivity index (χ1v) is 8.57. The van der Waals surface area contributed by atoms with Crippen molar-refractivity contribution >= 4 is 28.5 Å². The summed E-state index contributed by atoms with van der Waals surface area (Å²) in [5, 5.41) is 10.3. The molecule has 0 saturated heterocycles. The monoisotopic (exact) mass is 350 g/mol. The van der Waals surface area contributed by atoms with E-state index in [1.165, 1.54) is 0 Å². The van der Waals surface area contributed by atoms with E-state index in [-0.39, 0.29) is 11.7 Å². The molecule has 1 aliphatic carbocycles. The predicted molar refractivity (Wildman–Crippen MR) is 94.4 cm³/mol. The van der Waals surface area contributed by atoms with Crippen molar-refractivity contribution in [3.05, 3.63) is 65.0 Å². The highest BCUT2D eigenvalue weighted by Crippen LogP contribution is 2.47. The van der Waals surface area contributed by atoms with E-state index in [9.17, 15) is 10.1 Å². The van der Waals surface area contributed by atoms with Crippen molar-refractivity contribution in [2.24, 2.45) is 0 Å². The first-order valence-electron chi connectivity index (χ1n) is 8.19. The standard InChI is InChI=1S/C20H15ClN2O2/c21-14-6-3-5-13(11-14)20(9-4-10-20)18(24)15(12-22)19-23-16-7-1-2-8-17(16)25-19/h1-3,5-8,11,15H,4,9-10H2/t15-/m1/s1. The number of ketones is 1. The van der Waals surface area contributed by atoms with Gasteiger partial charge in [-0.2, -0.15) is 5.26 Å². The number of Topliss-reactive ketones (excluding diaryl/α,β-unsaturated/α-hetero) is 1. The number of oxazole rings is 1. The van der Waals surface area contributed by atoms with E-state index in [0.29, 0.717) is 29.0 Å². The fourth-order valence-electron chi connectivity index (χ4n) is 3.51. The van der Waals surface area contributed by atoms with Crippen LogP contribution in [0.4, 0.5) is 0 Å². The summed E-state index contributed by atoms with van der Waals surface area (Å²) in [6.45, 7) is 0. The molecule has 1 saturated carbocycles. The second-order valence-corrected chi connectivity index (χ2v) is 6.83. The van der Waals surface area contributed by atoms with Gasteiger partial charge in [-0.1, -0.05) is 42.3 Å². The lowest BCUT2D eigenvalue weighted by Gasteiger charge is -2.41. The van der Waals surface area contributed by atoms with Crippen molar-refractivity contribution in [2.45, 2.75) is 30.6 Å². The quantitative estimate of drug-likeness (QED) is 0.679. The smallest absolute Gasteiger partial charge is 0.220 e. The number of nitriles is 1. The highest BCUT2D eigenvalue weighted by atomic mass is 35.5. The van der Waals surface area contributed by atoms with Crippen LogP contribution in [0.5, 0.6) is 0 Å². The van der Waals surface area contributed by atoms with Gasteiger partial charge in [0, 0.05) is 5.02 Å². The summed E-state index contributed by atoms with van der Waals surface area (Å²) in [7, 11) is 0. The summed E-state index contributed by atoms with van der Waals surface area (Å²) in [5.74, 6) is -1.01. The van der Waals surface area contributed by atoms with Crippen molar-refractivity contribution < 1.29 is 9.21 Å². The number of aromatic nitrogens is 1. The number of hydrogen-bond acceptors (Lipinski definition) is 4. The molecule has 0 N–H and O–H groups in total. The van der Waals surface area contributed by atoms with E-state index in [1.54, 1.807) is 18.2 Å². The average Bonchev–Trinajstić information content (AvgIpc) is 2.98. The van der Waals surface area contributed by atoms with E-state index < -0.39 is 11.3 Å². The minimum atomic E-state index is -1.02. The van der Waals surface area contributed by atoms with Crippen molar-refractivity contribution in [3.63, 3.8) is 0 Å². The van der Waals surface area contributed by atoms with Crippen molar-refractivity contribution in [2.75, 3.05) is 0 Å². The van der Waals surface area contributed by atoms with Gasteiger partial charge in [0.25, 0.3) is 0 Å². The van der Waals surface area contributed by atoms with E-state index in [2.05, 4.69) is 11.1 Å². The Morgan fingerprint density at radius 2 is 2.04 bits per heavy atom. The SMILES string of the molecule is N#C[C@H](C(=O)C1(c2cccc(Cl)c2)CCC1)c1nc2ccccc2o1. The molecule has 1 fully saturated rings. The third kappa shape index (κ3) is 2.52. The summed E-state index contributed by atoms with van der Waals surface area (Å²) < 4.78 is 5.69. The molecule has 1 aliphatic rings. The topological polar surface area (TPSA) is 66.9 Å². The summed E-state index contributed by atoms with van der Waals surface area (Å²) in [5.41, 5.74) is 1.42. The Kier molecular flexibility index (Phi) is 3.82. The van der Waals surface area contributed by atoms with Crippen LogP contribution < -0.4 is 0 Å². The van der Waals surface area contributed by atoms with E-state index in [4.69, 9.17) is 16.0 Å². The Morgan fingerprint density at radius 1 is 1.24 bits per heavy atom. The summed E-state index contributed by atoms with van der Waals surface area (Å²) in [4.78, 5) is 17.7. The Bertz CT molecular complexity index is 965. The van der Waals surface area contributed by atoms with Gasteiger partial charge in [-0.3, -0.25) is 4.79 Å². The van der Waals surface area contributed by atoms with Crippen LogP contribution in [0.15, 0.2) is 52.9 Å². The molecule has 1 heterocycles. The molecule has 0 radical (unpaired) electrons. The Labute approximate surface area is 150 Å². The third-order valence-corrected chi connectivity index (χ3v) is 5.24. The van der Waals surface area contributed by atoms with Crippen molar-refractivity contribution in [1.29, 1.82) is 5.26 Å². The van der Waals surface area contributed by atoms with Crippen LogP contribution in [0.3, 0.4) is 0 Å². The van der Waals surface area contributed by atoms with Gasteiger partial charge in [-0.15, -0.1) is 0 Å². The van der Waals surface area contributed by atoms with Crippen LogP contribution >= 0.6 is 11.6 Å². The molecule has 1 aromatic heterocycles. The van der Waals surface area contributed by atoms with E-state index >= 15 is 0 Å². The molecule has 0 aliphatic heterocycles. The molecule has 4 rings (SSSR count). The second-order valence-electron chi connectivity index (χ2n) is 6.39. The molecule has 0 unspecified atom stereocenters. The number of benzene rings is 2. The number of nitrogens with zero attached hydrogens (tertiary/aromatic N) is 2. The van der Waals surface area contributed by atoms with E-state index in [1.807, 2.05) is 30.3 Å². The van der Waals surface area contributed by atoms with Gasteiger partial charge in [-0.25, -0.2) is 4.98 Å². The Hall–Kier alpha value is -2.64. The average molecular weight is 351 g/mol. The molecule has 0 spiro atoms. The largest absolute Gasteiger partial charge is 0.439 e. The lowest BCUT2D eigenvalue weighted by atomic mass is 9.60. The maximum atomic E-state index is 13.3. The van der Waals surface area contributed by atoms with Crippen molar-refractivity contribution in [1.82, 2.24) is 4.98 Å². The number of carbonyl (C=O) groups excluding carboxylic acids is 1.